The summed E-state index contributed by atoms with van der Waals surface area (Å²) in [7, 11) is 0. The van der Waals surface area contributed by atoms with E-state index in [1.807, 2.05) is 11.3 Å². The van der Waals surface area contributed by atoms with Gasteiger partial charge in [-0.05, 0) is 136 Å². The average molecular weight is 724 g/mol. The van der Waals surface area contributed by atoms with Gasteiger partial charge in [-0.25, -0.2) is 0 Å². The van der Waals surface area contributed by atoms with E-state index in [0.717, 1.165) is 17.1 Å². The van der Waals surface area contributed by atoms with Crippen LogP contribution in [0.4, 0.5) is 17.1 Å². The first-order valence-corrected chi connectivity index (χ1v) is 20.0. The van der Waals surface area contributed by atoms with E-state index in [1.165, 1.54) is 86.9 Å². The lowest BCUT2D eigenvalue weighted by Crippen LogP contribution is -2.15. The van der Waals surface area contributed by atoms with Crippen molar-refractivity contribution in [1.29, 1.82) is 0 Å². The molecule has 1 aromatic heterocycles. The van der Waals surface area contributed by atoms with Crippen molar-refractivity contribution < 1.29 is 0 Å². The quantitative estimate of drug-likeness (QED) is 0.165. The third-order valence-electron chi connectivity index (χ3n) is 11.6. The minimum absolute atomic E-state index is 0.0278. The fourth-order valence-electron chi connectivity index (χ4n) is 8.85. The van der Waals surface area contributed by atoms with Crippen LogP contribution in [0.3, 0.4) is 0 Å². The Balaban J connectivity index is 1.06. The van der Waals surface area contributed by atoms with Gasteiger partial charge >= 0.3 is 0 Å². The molecule has 1 nitrogen and oxygen atoms in total. The highest BCUT2D eigenvalue weighted by molar-refractivity contribution is 7.25. The van der Waals surface area contributed by atoms with Gasteiger partial charge in [0.2, 0.25) is 0 Å². The summed E-state index contributed by atoms with van der Waals surface area (Å²) in [5, 5.41) is 2.65. The summed E-state index contributed by atoms with van der Waals surface area (Å²) in [5.74, 6) is 0. The zero-order chi connectivity index (χ0) is 37.3. The Labute approximate surface area is 327 Å². The maximum Gasteiger partial charge on any atom is 0.0467 e. The molecular weight excluding hydrogens is 683 g/mol. The summed E-state index contributed by atoms with van der Waals surface area (Å²) in [6.45, 7) is 9.21. The number of hydrogen-bond donors (Lipinski definition) is 0. The van der Waals surface area contributed by atoms with Crippen LogP contribution in [0.2, 0.25) is 0 Å². The molecule has 2 heteroatoms. The minimum Gasteiger partial charge on any atom is -0.310 e. The first-order valence-electron chi connectivity index (χ1n) is 19.2. The van der Waals surface area contributed by atoms with Crippen LogP contribution in [-0.2, 0) is 5.41 Å². The molecule has 264 valence electrons. The summed E-state index contributed by atoms with van der Waals surface area (Å²) < 4.78 is 2.66. The van der Waals surface area contributed by atoms with Crippen LogP contribution < -0.4 is 4.90 Å². The van der Waals surface area contributed by atoms with Gasteiger partial charge in [0.1, 0.15) is 0 Å². The number of thiophene rings is 1. The van der Waals surface area contributed by atoms with Gasteiger partial charge in [0.05, 0.1) is 0 Å². The van der Waals surface area contributed by atoms with Gasteiger partial charge in [0, 0.05) is 42.6 Å². The highest BCUT2D eigenvalue weighted by Gasteiger charge is 2.36. The van der Waals surface area contributed by atoms with Gasteiger partial charge in [-0.15, -0.1) is 11.3 Å². The number of anilines is 3. The van der Waals surface area contributed by atoms with Crippen molar-refractivity contribution in [3.63, 3.8) is 0 Å². The number of fused-ring (bicyclic) bond motifs is 6. The monoisotopic (exact) mass is 723 g/mol. The highest BCUT2D eigenvalue weighted by Crippen LogP contribution is 2.51. The molecule has 0 spiro atoms. The van der Waals surface area contributed by atoms with E-state index in [2.05, 4.69) is 209 Å². The molecule has 0 radical (unpaired) electrons. The predicted molar refractivity (Wildman–Crippen MR) is 237 cm³/mol. The van der Waals surface area contributed by atoms with E-state index < -0.39 is 0 Å². The maximum atomic E-state index is 2.42. The van der Waals surface area contributed by atoms with E-state index in [-0.39, 0.29) is 5.41 Å². The van der Waals surface area contributed by atoms with Crippen LogP contribution in [-0.4, -0.2) is 0 Å². The normalized spacial score (nSPS) is 12.9. The van der Waals surface area contributed by atoms with Crippen molar-refractivity contribution >= 4 is 48.6 Å². The number of aryl methyl sites for hydroxylation is 2. The molecule has 55 heavy (non-hydrogen) atoms. The summed E-state index contributed by atoms with van der Waals surface area (Å²) in [6.07, 6.45) is 0. The van der Waals surface area contributed by atoms with Crippen LogP contribution in [0.15, 0.2) is 176 Å². The molecular formula is C53H41NS. The van der Waals surface area contributed by atoms with Gasteiger partial charge < -0.3 is 4.90 Å². The Hall–Kier alpha value is -6.22. The van der Waals surface area contributed by atoms with Crippen molar-refractivity contribution in [1.82, 2.24) is 0 Å². The van der Waals surface area contributed by atoms with Crippen LogP contribution in [0.25, 0.3) is 64.7 Å². The molecule has 0 N–H and O–H groups in total. The summed E-state index contributed by atoms with van der Waals surface area (Å²) in [6, 6.07) is 65.1. The van der Waals surface area contributed by atoms with Crippen LogP contribution in [0, 0.1) is 13.8 Å². The molecule has 10 rings (SSSR count). The van der Waals surface area contributed by atoms with Gasteiger partial charge in [-0.3, -0.25) is 0 Å². The smallest absolute Gasteiger partial charge is 0.0467 e. The Morgan fingerprint density at radius 3 is 1.76 bits per heavy atom. The Kier molecular flexibility index (Phi) is 7.87. The molecule has 1 heterocycles. The predicted octanol–water partition coefficient (Wildman–Crippen LogP) is 15.4. The SMILES string of the molecule is Cc1cc(C)c2c(c1)C(C)(C)c1ccc(-c3cccc(N(c4ccc(-c5ccccc5)cc4)c4ccc(-c5ccc6sc7ccccc7c6c5)cc4)c3)cc1-2. The lowest BCUT2D eigenvalue weighted by molar-refractivity contribution is 0.659. The number of hydrogen-bond acceptors (Lipinski definition) is 2. The number of nitrogens with zero attached hydrogens (tertiary/aromatic N) is 1. The van der Waals surface area contributed by atoms with E-state index in [1.54, 1.807) is 0 Å². The molecule has 0 saturated carbocycles. The molecule has 9 aromatic rings. The van der Waals surface area contributed by atoms with E-state index in [9.17, 15) is 0 Å². The van der Waals surface area contributed by atoms with Gasteiger partial charge in [-0.1, -0.05) is 135 Å². The summed E-state index contributed by atoms with van der Waals surface area (Å²) >= 11 is 1.86. The lowest BCUT2D eigenvalue weighted by Gasteiger charge is -2.26. The summed E-state index contributed by atoms with van der Waals surface area (Å²) in [4.78, 5) is 2.39. The zero-order valence-corrected chi connectivity index (χ0v) is 32.4. The molecule has 1 aliphatic carbocycles. The number of rotatable bonds is 6. The molecule has 0 saturated heterocycles. The van der Waals surface area contributed by atoms with Gasteiger partial charge in [-0.2, -0.15) is 0 Å². The average Bonchev–Trinajstić information content (AvgIpc) is 3.70. The second-order valence-corrected chi connectivity index (χ2v) is 16.6. The molecule has 0 unspecified atom stereocenters. The maximum absolute atomic E-state index is 2.42. The topological polar surface area (TPSA) is 3.24 Å². The van der Waals surface area contributed by atoms with Crippen molar-refractivity contribution in [3.05, 3.63) is 198 Å². The van der Waals surface area contributed by atoms with E-state index in [4.69, 9.17) is 0 Å². The lowest BCUT2D eigenvalue weighted by atomic mass is 9.81. The fraction of sp³-hybridized carbons (Fsp3) is 0.0943. The third kappa shape index (κ3) is 5.68. The van der Waals surface area contributed by atoms with E-state index in [0.29, 0.717) is 0 Å². The molecule has 8 aromatic carbocycles. The Morgan fingerprint density at radius 1 is 0.418 bits per heavy atom. The molecule has 0 bridgehead atoms. The summed E-state index contributed by atoms with van der Waals surface area (Å²) in [5.41, 5.74) is 18.9. The minimum atomic E-state index is -0.0278. The molecule has 1 aliphatic rings. The first kappa shape index (κ1) is 33.4. The van der Waals surface area contributed by atoms with Gasteiger partial charge in [0.15, 0.2) is 0 Å². The zero-order valence-electron chi connectivity index (χ0n) is 31.6. The second kappa shape index (κ2) is 13.0. The van der Waals surface area contributed by atoms with Crippen LogP contribution in [0.5, 0.6) is 0 Å². The highest BCUT2D eigenvalue weighted by atomic mass is 32.1. The Morgan fingerprint density at radius 2 is 1.00 bits per heavy atom. The molecule has 0 atom stereocenters. The van der Waals surface area contributed by atoms with Crippen molar-refractivity contribution in [2.45, 2.75) is 33.1 Å². The largest absolute Gasteiger partial charge is 0.310 e. The van der Waals surface area contributed by atoms with Crippen LogP contribution >= 0.6 is 11.3 Å². The molecule has 0 fully saturated rings. The molecule has 0 amide bonds. The standard InChI is InChI=1S/C53H41NS/c1-34-29-35(2)52-47-33-41(21-27-48(47)53(3,4)49(52)30-34)39-13-10-14-44(31-39)54(42-23-17-37(18-24-42)36-11-6-5-7-12-36)43-25-19-38(20-26-43)40-22-28-51-46(32-40)45-15-8-9-16-50(45)55-51/h5-33H,1-4H3. The van der Waals surface area contributed by atoms with Crippen molar-refractivity contribution in [2.24, 2.45) is 0 Å². The third-order valence-corrected chi connectivity index (χ3v) is 12.8. The van der Waals surface area contributed by atoms with Crippen molar-refractivity contribution in [2.75, 3.05) is 4.90 Å². The van der Waals surface area contributed by atoms with Crippen molar-refractivity contribution in [3.8, 4) is 44.5 Å². The van der Waals surface area contributed by atoms with Crippen LogP contribution in [0.1, 0.15) is 36.1 Å². The first-order chi connectivity index (χ1) is 26.8. The Bertz CT molecular complexity index is 2890. The van der Waals surface area contributed by atoms with Gasteiger partial charge in [0.25, 0.3) is 0 Å². The fourth-order valence-corrected chi connectivity index (χ4v) is 9.94. The number of benzene rings is 8. The van der Waals surface area contributed by atoms with E-state index >= 15 is 0 Å². The molecule has 0 aliphatic heterocycles. The second-order valence-electron chi connectivity index (χ2n) is 15.5.